The molecule has 4 heteroatoms. The minimum absolute atomic E-state index is 0.0908. The molecule has 1 aromatic heterocycles. The van der Waals surface area contributed by atoms with Crippen molar-refractivity contribution in [3.63, 3.8) is 0 Å². The van der Waals surface area contributed by atoms with Gasteiger partial charge in [0.15, 0.2) is 0 Å². The normalized spacial score (nSPS) is 15.2. The van der Waals surface area contributed by atoms with Gasteiger partial charge in [-0.3, -0.25) is 9.78 Å². The maximum absolute atomic E-state index is 12.3. The summed E-state index contributed by atoms with van der Waals surface area (Å²) in [6, 6.07) is 2.21. The highest BCUT2D eigenvalue weighted by atomic mass is 16.2. The van der Waals surface area contributed by atoms with Crippen LogP contribution in [0.5, 0.6) is 0 Å². The lowest BCUT2D eigenvalue weighted by Gasteiger charge is -2.35. The number of nitrogens with zero attached hydrogens (tertiary/aromatic N) is 2. The number of aromatic nitrogens is 1. The Balaban J connectivity index is 2.17. The van der Waals surface area contributed by atoms with Crippen molar-refractivity contribution in [3.05, 3.63) is 24.0 Å². The first-order chi connectivity index (χ1) is 8.24. The van der Waals surface area contributed by atoms with Crippen molar-refractivity contribution in [3.8, 4) is 0 Å². The Morgan fingerprint density at radius 1 is 1.59 bits per heavy atom. The zero-order chi connectivity index (χ0) is 12.3. The van der Waals surface area contributed by atoms with Crippen LogP contribution in [0.25, 0.3) is 0 Å². The Kier molecular flexibility index (Phi) is 3.61. The molecule has 1 N–H and O–H groups in total. The average Bonchev–Trinajstić information content (AvgIpc) is 2.27. The van der Waals surface area contributed by atoms with Gasteiger partial charge in [-0.2, -0.15) is 0 Å². The van der Waals surface area contributed by atoms with Gasteiger partial charge in [0.2, 0.25) is 0 Å². The second kappa shape index (κ2) is 5.17. The van der Waals surface area contributed by atoms with Gasteiger partial charge in [0.05, 0.1) is 17.4 Å². The SMILES string of the molecule is CCNc1cnccc1C(=O)N(C)C1CCC1. The fraction of sp³-hybridized carbons (Fsp3) is 0.538. The molecule has 0 bridgehead atoms. The van der Waals surface area contributed by atoms with Gasteiger partial charge in [0, 0.05) is 25.8 Å². The van der Waals surface area contributed by atoms with Gasteiger partial charge in [-0.05, 0) is 32.3 Å². The van der Waals surface area contributed by atoms with Crippen LogP contribution in [0.3, 0.4) is 0 Å². The van der Waals surface area contributed by atoms with Crippen molar-refractivity contribution in [2.45, 2.75) is 32.2 Å². The molecule has 0 spiro atoms. The topological polar surface area (TPSA) is 45.2 Å². The van der Waals surface area contributed by atoms with Crippen molar-refractivity contribution < 1.29 is 4.79 Å². The number of pyridine rings is 1. The van der Waals surface area contributed by atoms with Crippen LogP contribution in [-0.4, -0.2) is 35.4 Å². The number of carbonyl (C=O) groups excluding carboxylic acids is 1. The molecule has 1 saturated carbocycles. The summed E-state index contributed by atoms with van der Waals surface area (Å²) >= 11 is 0. The zero-order valence-electron chi connectivity index (χ0n) is 10.4. The van der Waals surface area contributed by atoms with E-state index < -0.39 is 0 Å². The summed E-state index contributed by atoms with van der Waals surface area (Å²) in [6.07, 6.45) is 6.88. The smallest absolute Gasteiger partial charge is 0.256 e. The number of rotatable bonds is 4. The number of hydrogen-bond acceptors (Lipinski definition) is 3. The first-order valence-corrected chi connectivity index (χ1v) is 6.19. The van der Waals surface area contributed by atoms with Gasteiger partial charge in [-0.1, -0.05) is 0 Å². The second-order valence-corrected chi connectivity index (χ2v) is 4.45. The molecule has 0 aromatic carbocycles. The van der Waals surface area contributed by atoms with E-state index in [0.29, 0.717) is 6.04 Å². The Hall–Kier alpha value is -1.58. The fourth-order valence-corrected chi connectivity index (χ4v) is 2.04. The van der Waals surface area contributed by atoms with Crippen LogP contribution >= 0.6 is 0 Å². The molecular weight excluding hydrogens is 214 g/mol. The number of amides is 1. The third-order valence-corrected chi connectivity index (χ3v) is 3.36. The number of nitrogens with one attached hydrogen (secondary N) is 1. The summed E-state index contributed by atoms with van der Waals surface area (Å²) in [4.78, 5) is 18.2. The van der Waals surface area contributed by atoms with E-state index in [2.05, 4.69) is 10.3 Å². The van der Waals surface area contributed by atoms with Gasteiger partial charge in [0.25, 0.3) is 5.91 Å². The molecule has 0 unspecified atom stereocenters. The lowest BCUT2D eigenvalue weighted by Crippen LogP contribution is -2.41. The molecule has 1 aliphatic rings. The molecule has 92 valence electrons. The lowest BCUT2D eigenvalue weighted by molar-refractivity contribution is 0.0653. The van der Waals surface area contributed by atoms with Crippen molar-refractivity contribution >= 4 is 11.6 Å². The molecule has 1 amide bonds. The van der Waals surface area contributed by atoms with E-state index in [9.17, 15) is 4.79 Å². The van der Waals surface area contributed by atoms with Crippen molar-refractivity contribution in [2.24, 2.45) is 0 Å². The van der Waals surface area contributed by atoms with Gasteiger partial charge in [-0.15, -0.1) is 0 Å². The number of hydrogen-bond donors (Lipinski definition) is 1. The average molecular weight is 233 g/mol. The summed E-state index contributed by atoms with van der Waals surface area (Å²) in [7, 11) is 1.89. The summed E-state index contributed by atoms with van der Waals surface area (Å²) in [5.74, 6) is 0.0908. The molecule has 0 radical (unpaired) electrons. The first kappa shape index (κ1) is 11.9. The Bertz CT molecular complexity index is 401. The van der Waals surface area contributed by atoms with Gasteiger partial charge in [-0.25, -0.2) is 0 Å². The molecular formula is C13H19N3O. The van der Waals surface area contributed by atoms with E-state index in [1.807, 2.05) is 18.9 Å². The fourth-order valence-electron chi connectivity index (χ4n) is 2.04. The molecule has 0 saturated heterocycles. The molecule has 1 fully saturated rings. The van der Waals surface area contributed by atoms with E-state index in [0.717, 1.165) is 30.6 Å². The highest BCUT2D eigenvalue weighted by molar-refractivity contribution is 5.99. The van der Waals surface area contributed by atoms with Gasteiger partial charge < -0.3 is 10.2 Å². The minimum Gasteiger partial charge on any atom is -0.383 e. The van der Waals surface area contributed by atoms with Crippen molar-refractivity contribution in [2.75, 3.05) is 18.9 Å². The predicted molar refractivity (Wildman–Crippen MR) is 68.1 cm³/mol. The zero-order valence-corrected chi connectivity index (χ0v) is 10.4. The third kappa shape index (κ3) is 2.40. The van der Waals surface area contributed by atoms with E-state index >= 15 is 0 Å². The standard InChI is InChI=1S/C13H19N3O/c1-3-15-12-9-14-8-7-11(12)13(17)16(2)10-5-4-6-10/h7-10,15H,3-6H2,1-2H3. The van der Waals surface area contributed by atoms with Crippen LogP contribution in [0.15, 0.2) is 18.5 Å². The predicted octanol–water partition coefficient (Wildman–Crippen LogP) is 2.14. The Morgan fingerprint density at radius 2 is 2.35 bits per heavy atom. The molecule has 1 aromatic rings. The maximum atomic E-state index is 12.3. The van der Waals surface area contributed by atoms with E-state index in [1.165, 1.54) is 6.42 Å². The van der Waals surface area contributed by atoms with E-state index in [4.69, 9.17) is 0 Å². The molecule has 1 aliphatic carbocycles. The number of anilines is 1. The third-order valence-electron chi connectivity index (χ3n) is 3.36. The van der Waals surface area contributed by atoms with Crippen LogP contribution < -0.4 is 5.32 Å². The largest absolute Gasteiger partial charge is 0.383 e. The van der Waals surface area contributed by atoms with Crippen molar-refractivity contribution in [1.29, 1.82) is 0 Å². The van der Waals surface area contributed by atoms with Crippen LogP contribution in [0, 0.1) is 0 Å². The molecule has 0 atom stereocenters. The summed E-state index contributed by atoms with van der Waals surface area (Å²) in [6.45, 7) is 2.80. The van der Waals surface area contributed by atoms with Crippen LogP contribution in [0.4, 0.5) is 5.69 Å². The molecule has 4 nitrogen and oxygen atoms in total. The quantitative estimate of drug-likeness (QED) is 0.866. The van der Waals surface area contributed by atoms with Gasteiger partial charge in [0.1, 0.15) is 0 Å². The van der Waals surface area contributed by atoms with E-state index in [1.54, 1.807) is 18.5 Å². The van der Waals surface area contributed by atoms with Crippen LogP contribution in [-0.2, 0) is 0 Å². The van der Waals surface area contributed by atoms with Gasteiger partial charge >= 0.3 is 0 Å². The molecule has 2 rings (SSSR count). The molecule has 0 aliphatic heterocycles. The Morgan fingerprint density at radius 3 is 2.94 bits per heavy atom. The number of carbonyl (C=O) groups is 1. The highest BCUT2D eigenvalue weighted by Crippen LogP contribution is 2.26. The molecule has 1 heterocycles. The minimum atomic E-state index is 0.0908. The monoisotopic (exact) mass is 233 g/mol. The summed E-state index contributed by atoms with van der Waals surface area (Å²) in [5, 5.41) is 3.18. The second-order valence-electron chi connectivity index (χ2n) is 4.45. The summed E-state index contributed by atoms with van der Waals surface area (Å²) < 4.78 is 0. The summed E-state index contributed by atoms with van der Waals surface area (Å²) in [5.41, 5.74) is 1.54. The van der Waals surface area contributed by atoms with Crippen LogP contribution in [0.2, 0.25) is 0 Å². The van der Waals surface area contributed by atoms with E-state index in [-0.39, 0.29) is 5.91 Å². The highest BCUT2D eigenvalue weighted by Gasteiger charge is 2.27. The molecule has 17 heavy (non-hydrogen) atoms. The van der Waals surface area contributed by atoms with Crippen LogP contribution in [0.1, 0.15) is 36.5 Å². The first-order valence-electron chi connectivity index (χ1n) is 6.19. The lowest BCUT2D eigenvalue weighted by atomic mass is 9.91. The Labute approximate surface area is 102 Å². The maximum Gasteiger partial charge on any atom is 0.256 e. The van der Waals surface area contributed by atoms with Crippen molar-refractivity contribution in [1.82, 2.24) is 9.88 Å².